The van der Waals surface area contributed by atoms with Crippen LogP contribution in [-0.2, 0) is 4.79 Å². The Hall–Kier alpha value is -2.61. The number of hydrogen-bond donors (Lipinski definition) is 2. The van der Waals surface area contributed by atoms with Gasteiger partial charge in [0.2, 0.25) is 5.91 Å². The first-order valence-electron chi connectivity index (χ1n) is 7.39. The van der Waals surface area contributed by atoms with E-state index in [1.165, 1.54) is 0 Å². The van der Waals surface area contributed by atoms with Crippen molar-refractivity contribution in [2.45, 2.75) is 11.8 Å². The van der Waals surface area contributed by atoms with Gasteiger partial charge in [-0.15, -0.1) is 11.8 Å². The SMILES string of the molecule is CCOc1ccc(C(=O)NNC(=O)CSc2cc(F)ccc2F)cc1. The molecule has 0 saturated carbocycles. The fourth-order valence-electron chi connectivity index (χ4n) is 1.84. The Kier molecular flexibility index (Phi) is 6.76. The molecule has 2 N–H and O–H groups in total. The summed E-state index contributed by atoms with van der Waals surface area (Å²) in [4.78, 5) is 23.6. The first-order valence-corrected chi connectivity index (χ1v) is 8.38. The van der Waals surface area contributed by atoms with Crippen molar-refractivity contribution in [1.82, 2.24) is 10.9 Å². The Bertz CT molecular complexity index is 754. The van der Waals surface area contributed by atoms with E-state index < -0.39 is 23.4 Å². The molecule has 25 heavy (non-hydrogen) atoms. The van der Waals surface area contributed by atoms with E-state index in [-0.39, 0.29) is 10.6 Å². The lowest BCUT2D eigenvalue weighted by Crippen LogP contribution is -2.42. The first-order chi connectivity index (χ1) is 12.0. The van der Waals surface area contributed by atoms with E-state index in [2.05, 4.69) is 10.9 Å². The van der Waals surface area contributed by atoms with Gasteiger partial charge in [0.25, 0.3) is 5.91 Å². The van der Waals surface area contributed by atoms with Crippen molar-refractivity contribution in [3.05, 3.63) is 59.7 Å². The molecule has 2 aromatic carbocycles. The predicted molar refractivity (Wildman–Crippen MR) is 90.3 cm³/mol. The lowest BCUT2D eigenvalue weighted by Gasteiger charge is -2.08. The molecule has 0 spiro atoms. The van der Waals surface area contributed by atoms with Crippen molar-refractivity contribution in [1.29, 1.82) is 0 Å². The van der Waals surface area contributed by atoms with E-state index in [0.29, 0.717) is 17.9 Å². The molecule has 8 heteroatoms. The van der Waals surface area contributed by atoms with Crippen molar-refractivity contribution in [3.8, 4) is 5.75 Å². The topological polar surface area (TPSA) is 67.4 Å². The van der Waals surface area contributed by atoms with Gasteiger partial charge in [-0.2, -0.15) is 0 Å². The minimum absolute atomic E-state index is 0.0213. The van der Waals surface area contributed by atoms with Crippen LogP contribution in [0, 0.1) is 11.6 Å². The van der Waals surface area contributed by atoms with Gasteiger partial charge in [0, 0.05) is 10.5 Å². The number of hydrazine groups is 1. The zero-order chi connectivity index (χ0) is 18.2. The Balaban J connectivity index is 1.81. The van der Waals surface area contributed by atoms with Crippen LogP contribution in [0.15, 0.2) is 47.4 Å². The average Bonchev–Trinajstić information content (AvgIpc) is 2.61. The second-order valence-electron chi connectivity index (χ2n) is 4.82. The van der Waals surface area contributed by atoms with Gasteiger partial charge in [-0.25, -0.2) is 8.78 Å². The fraction of sp³-hybridized carbons (Fsp3) is 0.176. The van der Waals surface area contributed by atoms with E-state index >= 15 is 0 Å². The van der Waals surface area contributed by atoms with Crippen LogP contribution in [0.4, 0.5) is 8.78 Å². The molecule has 0 saturated heterocycles. The van der Waals surface area contributed by atoms with Gasteiger partial charge >= 0.3 is 0 Å². The van der Waals surface area contributed by atoms with Crippen LogP contribution < -0.4 is 15.6 Å². The minimum atomic E-state index is -0.613. The lowest BCUT2D eigenvalue weighted by atomic mass is 10.2. The molecule has 0 bridgehead atoms. The maximum absolute atomic E-state index is 13.4. The van der Waals surface area contributed by atoms with Crippen LogP contribution in [0.3, 0.4) is 0 Å². The van der Waals surface area contributed by atoms with Gasteiger partial charge in [-0.05, 0) is 49.4 Å². The van der Waals surface area contributed by atoms with E-state index in [1.807, 2.05) is 6.92 Å². The molecule has 0 heterocycles. The maximum Gasteiger partial charge on any atom is 0.269 e. The van der Waals surface area contributed by atoms with Crippen LogP contribution >= 0.6 is 11.8 Å². The molecular weight excluding hydrogens is 350 g/mol. The molecule has 0 fully saturated rings. The maximum atomic E-state index is 13.4. The van der Waals surface area contributed by atoms with E-state index in [1.54, 1.807) is 24.3 Å². The van der Waals surface area contributed by atoms with Crippen molar-refractivity contribution in [2.24, 2.45) is 0 Å². The summed E-state index contributed by atoms with van der Waals surface area (Å²) in [6, 6.07) is 9.39. The minimum Gasteiger partial charge on any atom is -0.494 e. The summed E-state index contributed by atoms with van der Waals surface area (Å²) in [7, 11) is 0. The summed E-state index contributed by atoms with van der Waals surface area (Å²) in [5, 5.41) is 0. The number of ether oxygens (including phenoxy) is 1. The molecule has 0 unspecified atom stereocenters. The van der Waals surface area contributed by atoms with Crippen LogP contribution in [0.5, 0.6) is 5.75 Å². The molecule has 0 aliphatic carbocycles. The van der Waals surface area contributed by atoms with Crippen molar-refractivity contribution < 1.29 is 23.1 Å². The van der Waals surface area contributed by atoms with E-state index in [4.69, 9.17) is 4.74 Å². The number of thioether (sulfide) groups is 1. The van der Waals surface area contributed by atoms with Crippen LogP contribution in [0.25, 0.3) is 0 Å². The number of carbonyl (C=O) groups excluding carboxylic acids is 2. The van der Waals surface area contributed by atoms with Gasteiger partial charge < -0.3 is 4.74 Å². The van der Waals surface area contributed by atoms with Crippen LogP contribution in [0.2, 0.25) is 0 Å². The van der Waals surface area contributed by atoms with Crippen LogP contribution in [0.1, 0.15) is 17.3 Å². The number of amides is 2. The van der Waals surface area contributed by atoms with Gasteiger partial charge in [-0.1, -0.05) is 0 Å². The third-order valence-electron chi connectivity index (χ3n) is 2.99. The normalized spacial score (nSPS) is 10.2. The first kappa shape index (κ1) is 18.7. The second kappa shape index (κ2) is 9.03. The summed E-state index contributed by atoms with van der Waals surface area (Å²) in [5.41, 5.74) is 4.81. The fourth-order valence-corrected chi connectivity index (χ4v) is 2.60. The number of carbonyl (C=O) groups is 2. The molecule has 132 valence electrons. The molecule has 0 aliphatic rings. The number of hydrogen-bond acceptors (Lipinski definition) is 4. The van der Waals surface area contributed by atoms with Crippen molar-refractivity contribution in [2.75, 3.05) is 12.4 Å². The Labute approximate surface area is 147 Å². The standard InChI is InChI=1S/C17H16F2N2O3S/c1-2-24-13-6-3-11(4-7-13)17(23)21-20-16(22)10-25-15-9-12(18)5-8-14(15)19/h3-9H,2,10H2,1H3,(H,20,22)(H,21,23). The number of rotatable bonds is 6. The quantitative estimate of drug-likeness (QED) is 0.609. The molecule has 2 rings (SSSR count). The monoisotopic (exact) mass is 366 g/mol. The van der Waals surface area contributed by atoms with Gasteiger partial charge in [0.1, 0.15) is 17.4 Å². The second-order valence-corrected chi connectivity index (χ2v) is 5.84. The van der Waals surface area contributed by atoms with E-state index in [9.17, 15) is 18.4 Å². The zero-order valence-corrected chi connectivity index (χ0v) is 14.2. The van der Waals surface area contributed by atoms with Gasteiger partial charge in [0.15, 0.2) is 0 Å². The largest absolute Gasteiger partial charge is 0.494 e. The van der Waals surface area contributed by atoms with Crippen LogP contribution in [-0.4, -0.2) is 24.2 Å². The molecule has 0 atom stereocenters. The third kappa shape index (κ3) is 5.75. The highest BCUT2D eigenvalue weighted by Crippen LogP contribution is 2.22. The summed E-state index contributed by atoms with van der Waals surface area (Å²) in [6.45, 7) is 2.37. The van der Waals surface area contributed by atoms with E-state index in [0.717, 1.165) is 30.0 Å². The Morgan fingerprint density at radius 1 is 1.08 bits per heavy atom. The lowest BCUT2D eigenvalue weighted by molar-refractivity contribution is -0.119. The molecule has 0 radical (unpaired) electrons. The highest BCUT2D eigenvalue weighted by molar-refractivity contribution is 8.00. The highest BCUT2D eigenvalue weighted by Gasteiger charge is 2.10. The summed E-state index contributed by atoms with van der Waals surface area (Å²) >= 11 is 0.829. The molecule has 2 aromatic rings. The highest BCUT2D eigenvalue weighted by atomic mass is 32.2. The summed E-state index contributed by atoms with van der Waals surface area (Å²) < 4.78 is 31.8. The van der Waals surface area contributed by atoms with Gasteiger partial charge in [0.05, 0.1) is 12.4 Å². The Morgan fingerprint density at radius 2 is 1.80 bits per heavy atom. The predicted octanol–water partition coefficient (Wildman–Crippen LogP) is 2.92. The molecule has 5 nitrogen and oxygen atoms in total. The summed E-state index contributed by atoms with van der Waals surface area (Å²) in [5.74, 6) is -1.79. The Morgan fingerprint density at radius 3 is 2.48 bits per heavy atom. The van der Waals surface area contributed by atoms with Gasteiger partial charge in [-0.3, -0.25) is 20.4 Å². The third-order valence-corrected chi connectivity index (χ3v) is 4.03. The smallest absolute Gasteiger partial charge is 0.269 e. The molecule has 0 aromatic heterocycles. The number of nitrogens with one attached hydrogen (secondary N) is 2. The zero-order valence-electron chi connectivity index (χ0n) is 13.3. The molecular formula is C17H16F2N2O3S. The number of halogens is 2. The number of benzene rings is 2. The average molecular weight is 366 g/mol. The molecule has 2 amide bonds. The molecule has 0 aliphatic heterocycles. The van der Waals surface area contributed by atoms with Crippen molar-refractivity contribution in [3.63, 3.8) is 0 Å². The van der Waals surface area contributed by atoms with Crippen molar-refractivity contribution >= 4 is 23.6 Å². The summed E-state index contributed by atoms with van der Waals surface area (Å²) in [6.07, 6.45) is 0.